The molecule has 6 fully saturated rings. The molecule has 14 nitrogen and oxygen atoms in total. The molecule has 2 aromatic heterocycles. The molecule has 6 saturated carbocycles. The highest BCUT2D eigenvalue weighted by atomic mass is 35.5. The zero-order valence-corrected chi connectivity index (χ0v) is 39.0. The minimum atomic E-state index is -3.80. The summed E-state index contributed by atoms with van der Waals surface area (Å²) >= 11 is 9.53. The van der Waals surface area contributed by atoms with Gasteiger partial charge >= 0.3 is 0 Å². The number of fused-ring (bicyclic) bond motifs is 12. The van der Waals surface area contributed by atoms with Crippen molar-refractivity contribution in [3.8, 4) is 0 Å². The van der Waals surface area contributed by atoms with Gasteiger partial charge in [-0.15, -0.1) is 23.2 Å². The number of alkyl halides is 2. The lowest BCUT2D eigenvalue weighted by Gasteiger charge is -2.60. The summed E-state index contributed by atoms with van der Waals surface area (Å²) in [6, 6.07) is 0. The van der Waals surface area contributed by atoms with Gasteiger partial charge in [0.25, 0.3) is 10.1 Å². The van der Waals surface area contributed by atoms with Crippen LogP contribution in [0.4, 0.5) is 0 Å². The van der Waals surface area contributed by atoms with Gasteiger partial charge in [-0.25, -0.2) is 0 Å². The normalized spacial score (nSPS) is 42.2. The van der Waals surface area contributed by atoms with E-state index in [1.807, 2.05) is 13.8 Å². The zero-order valence-electron chi connectivity index (χ0n) is 36.7. The summed E-state index contributed by atoms with van der Waals surface area (Å²) in [7, 11) is -3.80. The number of hydrogen-bond donors (Lipinski definition) is 5. The number of halogens is 2. The van der Waals surface area contributed by atoms with Crippen LogP contribution >= 0.6 is 23.2 Å². The highest BCUT2D eigenvalue weighted by Gasteiger charge is 2.70. The van der Waals surface area contributed by atoms with E-state index in [9.17, 15) is 43.5 Å². The van der Waals surface area contributed by atoms with Crippen molar-refractivity contribution in [2.45, 2.75) is 136 Å². The van der Waals surface area contributed by atoms with Crippen molar-refractivity contribution in [2.75, 3.05) is 24.8 Å². The van der Waals surface area contributed by atoms with Crippen molar-refractivity contribution in [2.24, 2.45) is 57.2 Å². The van der Waals surface area contributed by atoms with Crippen molar-refractivity contribution >= 4 is 57.0 Å². The second kappa shape index (κ2) is 17.2. The average Bonchev–Trinajstić information content (AvgIpc) is 3.98. The maximum atomic E-state index is 13.0. The first-order valence-corrected chi connectivity index (χ1v) is 25.2. The fourth-order valence-corrected chi connectivity index (χ4v) is 15.7. The Bertz CT molecular complexity index is 2300. The monoisotopic (exact) mass is 952 g/mol. The Morgan fingerprint density at radius 2 is 1.17 bits per heavy atom. The van der Waals surface area contributed by atoms with E-state index >= 15 is 0 Å². The number of allylic oxidation sites excluding steroid dienone is 2. The molecule has 0 amide bonds. The molecule has 6 unspecified atom stereocenters. The van der Waals surface area contributed by atoms with Gasteiger partial charge in [-0.3, -0.25) is 13.8 Å². The summed E-state index contributed by atoms with van der Waals surface area (Å²) in [4.78, 5) is 25.4. The molecule has 2 aromatic rings. The van der Waals surface area contributed by atoms with Crippen molar-refractivity contribution in [1.82, 2.24) is 10.3 Å². The molecule has 5 N–H and O–H groups in total. The maximum Gasteiger partial charge on any atom is 0.264 e. The van der Waals surface area contributed by atoms with Crippen molar-refractivity contribution in [3.63, 3.8) is 0 Å². The Kier molecular flexibility index (Phi) is 13.3. The zero-order chi connectivity index (χ0) is 45.7. The van der Waals surface area contributed by atoms with Crippen LogP contribution in [0.1, 0.15) is 122 Å². The Morgan fingerprint density at radius 1 is 0.766 bits per heavy atom. The molecule has 10 rings (SSSR count). The minimum absolute atomic E-state index is 0. The molecule has 2 heterocycles. The summed E-state index contributed by atoms with van der Waals surface area (Å²) in [6.07, 6.45) is 15.3. The molecule has 0 spiro atoms. The lowest BCUT2D eigenvalue weighted by molar-refractivity contribution is -0.181. The van der Waals surface area contributed by atoms with Gasteiger partial charge in [-0.2, -0.15) is 8.42 Å². The highest BCUT2D eigenvalue weighted by molar-refractivity contribution is 7.86. The molecule has 17 heteroatoms. The lowest BCUT2D eigenvalue weighted by Crippen LogP contribution is -2.62. The van der Waals surface area contributed by atoms with Crippen LogP contribution in [0.2, 0.25) is 0 Å². The second-order valence-electron chi connectivity index (χ2n) is 20.9. The molecule has 0 aromatic carbocycles. The number of ketones is 2. The summed E-state index contributed by atoms with van der Waals surface area (Å²) in [5, 5.41) is 63.2. The van der Waals surface area contributed by atoms with Gasteiger partial charge in [0.2, 0.25) is 0 Å². The Balaban J connectivity index is 0.000000179. The number of carbonyl (C=O) groups excluding carboxylic acids is 2. The van der Waals surface area contributed by atoms with E-state index in [1.165, 1.54) is 11.1 Å². The van der Waals surface area contributed by atoms with E-state index in [1.54, 1.807) is 12.4 Å². The molecule has 0 saturated heterocycles. The van der Waals surface area contributed by atoms with Gasteiger partial charge < -0.3 is 34.6 Å². The van der Waals surface area contributed by atoms with Gasteiger partial charge in [-0.05, 0) is 136 Å². The maximum absolute atomic E-state index is 13.0. The van der Waals surface area contributed by atoms with Crippen LogP contribution in [-0.2, 0) is 36.7 Å². The number of nitrogens with zero attached hydrogens (tertiary/aromatic N) is 2. The van der Waals surface area contributed by atoms with E-state index in [-0.39, 0.29) is 65.5 Å². The van der Waals surface area contributed by atoms with Crippen LogP contribution in [-0.4, -0.2) is 104 Å². The van der Waals surface area contributed by atoms with Crippen molar-refractivity contribution in [1.29, 1.82) is 0 Å². The SMILES string of the molecule is C.C[C@]12Cc3cnoc3C=C1CCC1C2[C@@H](O)C[C@@]2(C)C1CC[C@]2(O)C(=O)CO.C[C@]12Cc3cnoc3C=C1CCC1C2[C@@H](O)C[C@@]2(C)C1CC[C@]2(O)C(=O)COS(C)(=O)=O.ClCCl. The van der Waals surface area contributed by atoms with E-state index in [0.29, 0.717) is 25.7 Å². The third-order valence-corrected chi connectivity index (χ3v) is 18.7. The second-order valence-corrected chi connectivity index (χ2v) is 23.3. The van der Waals surface area contributed by atoms with Gasteiger partial charge in [-0.1, -0.05) is 56.6 Å². The van der Waals surface area contributed by atoms with Gasteiger partial charge in [0, 0.05) is 22.0 Å². The first-order chi connectivity index (χ1) is 29.5. The standard InChI is InChI=1S/C23H31NO7S.C22H29NO5.CH2Cl2.CH4/c1-21-9-13-11-24-31-18(13)8-14(21)4-5-15-16-6-7-23(27,19(26)12-30-32(3,28)29)22(16,2)10-17(25)20(15)21;1-20-8-12-10-23-28-17(12)7-13(20)3-4-14-15-5-6-22(27,18(26)11-24)21(15,2)9-16(25)19(14)20;2-1-3;/h8,11,15-17,20,25,27H,4-7,9-10,12H2,1-3H3;7,10,14-16,19,24-25,27H,3-6,8-9,11H2,1-2H3;1H2;1H4/t15?,16?,17-,20?,21-,22-,23-;14?,15?,16-,19?,20-,21-,22-;;/m00../s1. The molecule has 8 aliphatic carbocycles. The van der Waals surface area contributed by atoms with Crippen LogP contribution in [0.3, 0.4) is 0 Å². The molecule has 14 atom stereocenters. The summed E-state index contributed by atoms with van der Waals surface area (Å²) in [6.45, 7) is 6.97. The number of carbonyl (C=O) groups is 2. The van der Waals surface area contributed by atoms with E-state index in [4.69, 9.17) is 36.4 Å². The molecule has 0 radical (unpaired) electrons. The minimum Gasteiger partial charge on any atom is -0.393 e. The molecular formula is C47H66Cl2N2O12S. The number of aliphatic hydroxyl groups is 5. The number of aromatic nitrogens is 2. The fraction of sp³-hybridized carbons (Fsp3) is 0.745. The lowest BCUT2D eigenvalue weighted by atomic mass is 9.45. The predicted octanol–water partition coefficient (Wildman–Crippen LogP) is 6.28. The van der Waals surface area contributed by atoms with Crippen molar-refractivity contribution < 1.29 is 56.8 Å². The highest BCUT2D eigenvalue weighted by Crippen LogP contribution is 2.69. The molecule has 356 valence electrons. The molecule has 0 bridgehead atoms. The predicted molar refractivity (Wildman–Crippen MR) is 239 cm³/mol. The van der Waals surface area contributed by atoms with E-state index < -0.39 is 69.1 Å². The number of Topliss-reactive ketones (excluding diaryl/α,β-unsaturated/α-hetero) is 2. The third-order valence-electron chi connectivity index (χ3n) is 18.2. The van der Waals surface area contributed by atoms with Crippen LogP contribution in [0.15, 0.2) is 32.6 Å². The van der Waals surface area contributed by atoms with Gasteiger partial charge in [0.15, 0.2) is 23.1 Å². The molecule has 64 heavy (non-hydrogen) atoms. The van der Waals surface area contributed by atoms with Crippen molar-refractivity contribution in [3.05, 3.63) is 46.2 Å². The number of rotatable bonds is 6. The smallest absolute Gasteiger partial charge is 0.264 e. The van der Waals surface area contributed by atoms with Crippen LogP contribution in [0.5, 0.6) is 0 Å². The van der Waals surface area contributed by atoms with Gasteiger partial charge in [0.05, 0.1) is 36.2 Å². The molecule has 8 aliphatic rings. The molecular weight excluding hydrogens is 887 g/mol. The number of aliphatic hydroxyl groups excluding tert-OH is 3. The first-order valence-electron chi connectivity index (χ1n) is 22.3. The van der Waals surface area contributed by atoms with Gasteiger partial charge in [0.1, 0.15) is 24.4 Å². The van der Waals surface area contributed by atoms with E-state index in [2.05, 4.69) is 36.3 Å². The van der Waals surface area contributed by atoms with Crippen LogP contribution < -0.4 is 0 Å². The van der Waals surface area contributed by atoms with Crippen LogP contribution in [0.25, 0.3) is 12.2 Å². The average molecular weight is 954 g/mol. The summed E-state index contributed by atoms with van der Waals surface area (Å²) in [5.41, 5.74) is -0.433. The summed E-state index contributed by atoms with van der Waals surface area (Å²) < 4.78 is 38.2. The quantitative estimate of drug-likeness (QED) is 0.159. The number of hydrogen-bond acceptors (Lipinski definition) is 14. The topological polar surface area (TPSA) is 231 Å². The third kappa shape index (κ3) is 7.44. The largest absolute Gasteiger partial charge is 0.393 e. The fourth-order valence-electron chi connectivity index (χ4n) is 15.4. The molecule has 0 aliphatic heterocycles. The van der Waals surface area contributed by atoms with Crippen LogP contribution in [0, 0.1) is 57.2 Å². The summed E-state index contributed by atoms with van der Waals surface area (Å²) in [5.74, 6) is 1.25. The Hall–Kier alpha value is -2.47. The van der Waals surface area contributed by atoms with E-state index in [0.717, 1.165) is 73.8 Å². The Morgan fingerprint density at radius 3 is 1.56 bits per heavy atom. The first kappa shape index (κ1) is 49.4. The Labute approximate surface area is 386 Å².